The van der Waals surface area contributed by atoms with E-state index in [2.05, 4.69) is 26.1 Å². The third-order valence-corrected chi connectivity index (χ3v) is 4.29. The second-order valence-corrected chi connectivity index (χ2v) is 7.41. The maximum atomic E-state index is 12.5. The van der Waals surface area contributed by atoms with E-state index in [-0.39, 0.29) is 16.7 Å². The van der Waals surface area contributed by atoms with Crippen LogP contribution >= 0.6 is 0 Å². The normalized spacial score (nSPS) is 12.1. The number of rotatable bonds is 6. The summed E-state index contributed by atoms with van der Waals surface area (Å²) in [6.45, 7) is 7.88. The minimum atomic E-state index is -0.981. The topological polar surface area (TPSA) is 73.9 Å². The van der Waals surface area contributed by atoms with E-state index in [0.29, 0.717) is 11.4 Å². The molecule has 2 rings (SSSR count). The molecule has 0 saturated heterocycles. The average Bonchev–Trinajstić information content (AvgIpc) is 2.66. The van der Waals surface area contributed by atoms with Gasteiger partial charge in [-0.05, 0) is 42.2 Å². The standard InChI is InChI=1S/C22H27NO5/c1-14(20(24)23-16-12-10-15(11-13-16)22(2,3)4)28-21(25)17-8-7-9-18(26-5)19(17)27-6/h7-14H,1-6H3,(H,23,24). The third kappa shape index (κ3) is 5.03. The van der Waals surface area contributed by atoms with Gasteiger partial charge >= 0.3 is 5.97 Å². The number of benzene rings is 2. The van der Waals surface area contributed by atoms with Crippen molar-refractivity contribution in [2.45, 2.75) is 39.2 Å². The zero-order valence-electron chi connectivity index (χ0n) is 17.2. The van der Waals surface area contributed by atoms with Crippen molar-refractivity contribution in [2.75, 3.05) is 19.5 Å². The highest BCUT2D eigenvalue weighted by Crippen LogP contribution is 2.31. The molecule has 6 nitrogen and oxygen atoms in total. The molecule has 0 bridgehead atoms. The van der Waals surface area contributed by atoms with Gasteiger partial charge in [-0.3, -0.25) is 4.79 Å². The lowest BCUT2D eigenvalue weighted by molar-refractivity contribution is -0.123. The molecule has 1 unspecified atom stereocenters. The van der Waals surface area contributed by atoms with Crippen LogP contribution in [0.25, 0.3) is 0 Å². The fraction of sp³-hybridized carbons (Fsp3) is 0.364. The Morgan fingerprint density at radius 3 is 2.14 bits per heavy atom. The Morgan fingerprint density at radius 2 is 1.61 bits per heavy atom. The molecule has 2 aromatic carbocycles. The lowest BCUT2D eigenvalue weighted by atomic mass is 9.87. The first-order chi connectivity index (χ1) is 13.2. The molecule has 1 N–H and O–H groups in total. The molecule has 1 amide bonds. The number of para-hydroxylation sites is 1. The molecule has 0 aliphatic heterocycles. The quantitative estimate of drug-likeness (QED) is 0.755. The van der Waals surface area contributed by atoms with Crippen LogP contribution in [0.2, 0.25) is 0 Å². The van der Waals surface area contributed by atoms with E-state index in [1.54, 1.807) is 18.2 Å². The molecule has 150 valence electrons. The highest BCUT2D eigenvalue weighted by atomic mass is 16.6. The van der Waals surface area contributed by atoms with Gasteiger partial charge in [0, 0.05) is 5.69 Å². The first-order valence-electron chi connectivity index (χ1n) is 9.00. The number of ether oxygens (including phenoxy) is 3. The van der Waals surface area contributed by atoms with Crippen molar-refractivity contribution in [3.63, 3.8) is 0 Å². The van der Waals surface area contributed by atoms with Crippen LogP contribution < -0.4 is 14.8 Å². The number of anilines is 1. The summed E-state index contributed by atoms with van der Waals surface area (Å²) in [5, 5.41) is 2.76. The zero-order valence-corrected chi connectivity index (χ0v) is 17.2. The fourth-order valence-corrected chi connectivity index (χ4v) is 2.62. The Hall–Kier alpha value is -3.02. The average molecular weight is 385 g/mol. The first kappa shape index (κ1) is 21.3. The summed E-state index contributed by atoms with van der Waals surface area (Å²) in [7, 11) is 2.92. The second kappa shape index (κ2) is 8.78. The predicted octanol–water partition coefficient (Wildman–Crippen LogP) is 4.19. The maximum Gasteiger partial charge on any atom is 0.342 e. The van der Waals surface area contributed by atoms with Gasteiger partial charge < -0.3 is 19.5 Å². The van der Waals surface area contributed by atoms with Crippen LogP contribution in [-0.4, -0.2) is 32.2 Å². The minimum Gasteiger partial charge on any atom is -0.493 e. The van der Waals surface area contributed by atoms with Crippen molar-refractivity contribution in [1.29, 1.82) is 0 Å². The monoisotopic (exact) mass is 385 g/mol. The van der Waals surface area contributed by atoms with Crippen molar-refractivity contribution >= 4 is 17.6 Å². The number of carbonyl (C=O) groups excluding carboxylic acids is 2. The Kier molecular flexibility index (Phi) is 6.67. The number of hydrogen-bond acceptors (Lipinski definition) is 5. The van der Waals surface area contributed by atoms with E-state index in [1.807, 2.05) is 24.3 Å². The highest BCUT2D eigenvalue weighted by Gasteiger charge is 2.23. The van der Waals surface area contributed by atoms with E-state index >= 15 is 0 Å². The van der Waals surface area contributed by atoms with E-state index in [9.17, 15) is 9.59 Å². The lowest BCUT2D eigenvalue weighted by Crippen LogP contribution is -2.30. The van der Waals surface area contributed by atoms with Crippen LogP contribution in [0.15, 0.2) is 42.5 Å². The Morgan fingerprint density at radius 1 is 0.964 bits per heavy atom. The Bertz CT molecular complexity index is 837. The van der Waals surface area contributed by atoms with Gasteiger partial charge in [-0.1, -0.05) is 39.0 Å². The fourth-order valence-electron chi connectivity index (χ4n) is 2.62. The highest BCUT2D eigenvalue weighted by molar-refractivity contribution is 5.98. The summed E-state index contributed by atoms with van der Waals surface area (Å²) in [6, 6.07) is 12.5. The molecule has 0 fully saturated rings. The summed E-state index contributed by atoms with van der Waals surface area (Å²) < 4.78 is 15.7. The van der Waals surface area contributed by atoms with E-state index in [4.69, 9.17) is 14.2 Å². The van der Waals surface area contributed by atoms with Crippen molar-refractivity contribution in [3.05, 3.63) is 53.6 Å². The molecule has 0 aromatic heterocycles. The van der Waals surface area contributed by atoms with Crippen LogP contribution in [0.3, 0.4) is 0 Å². The molecule has 0 spiro atoms. The summed E-state index contributed by atoms with van der Waals surface area (Å²) >= 11 is 0. The zero-order chi connectivity index (χ0) is 20.9. The van der Waals surface area contributed by atoms with E-state index < -0.39 is 18.0 Å². The number of methoxy groups -OCH3 is 2. The van der Waals surface area contributed by atoms with Gasteiger partial charge in [-0.25, -0.2) is 4.79 Å². The van der Waals surface area contributed by atoms with Gasteiger partial charge in [0.05, 0.1) is 14.2 Å². The van der Waals surface area contributed by atoms with Gasteiger partial charge in [-0.15, -0.1) is 0 Å². The van der Waals surface area contributed by atoms with Gasteiger partial charge in [0.1, 0.15) is 5.56 Å². The molecular weight excluding hydrogens is 358 g/mol. The smallest absolute Gasteiger partial charge is 0.342 e. The predicted molar refractivity (Wildman–Crippen MR) is 108 cm³/mol. The Labute approximate surface area is 165 Å². The van der Waals surface area contributed by atoms with Gasteiger partial charge in [-0.2, -0.15) is 0 Å². The molecular formula is C22H27NO5. The third-order valence-electron chi connectivity index (χ3n) is 4.29. The van der Waals surface area contributed by atoms with E-state index in [1.165, 1.54) is 21.1 Å². The molecule has 28 heavy (non-hydrogen) atoms. The van der Waals surface area contributed by atoms with Crippen molar-refractivity contribution in [2.24, 2.45) is 0 Å². The van der Waals surface area contributed by atoms with Crippen molar-refractivity contribution in [1.82, 2.24) is 0 Å². The van der Waals surface area contributed by atoms with Crippen LogP contribution in [0.1, 0.15) is 43.6 Å². The van der Waals surface area contributed by atoms with Gasteiger partial charge in [0.25, 0.3) is 5.91 Å². The van der Waals surface area contributed by atoms with Crippen LogP contribution in [0, 0.1) is 0 Å². The van der Waals surface area contributed by atoms with Crippen LogP contribution in [0.4, 0.5) is 5.69 Å². The number of hydrogen-bond donors (Lipinski definition) is 1. The molecule has 2 aromatic rings. The van der Waals surface area contributed by atoms with Crippen molar-refractivity contribution in [3.8, 4) is 11.5 Å². The Balaban J connectivity index is 2.05. The number of esters is 1. The van der Waals surface area contributed by atoms with E-state index in [0.717, 1.165) is 5.56 Å². The number of carbonyl (C=O) groups is 2. The SMILES string of the molecule is COc1cccc(C(=O)OC(C)C(=O)Nc2ccc(C(C)(C)C)cc2)c1OC. The molecule has 0 radical (unpaired) electrons. The lowest BCUT2D eigenvalue weighted by Gasteiger charge is -2.19. The summed E-state index contributed by atoms with van der Waals surface area (Å²) in [5.41, 5.74) is 2.02. The molecule has 6 heteroatoms. The molecule has 0 aliphatic carbocycles. The summed E-state index contributed by atoms with van der Waals surface area (Å²) in [6.07, 6.45) is -0.981. The van der Waals surface area contributed by atoms with Gasteiger partial charge in [0.15, 0.2) is 17.6 Å². The second-order valence-electron chi connectivity index (χ2n) is 7.41. The number of nitrogens with one attached hydrogen (secondary N) is 1. The molecule has 0 heterocycles. The van der Waals surface area contributed by atoms with Crippen LogP contribution in [0.5, 0.6) is 11.5 Å². The molecule has 0 aliphatic rings. The number of amides is 1. The first-order valence-corrected chi connectivity index (χ1v) is 9.00. The van der Waals surface area contributed by atoms with Crippen LogP contribution in [-0.2, 0) is 14.9 Å². The summed E-state index contributed by atoms with van der Waals surface area (Å²) in [4.78, 5) is 24.9. The molecule has 0 saturated carbocycles. The van der Waals surface area contributed by atoms with Gasteiger partial charge in [0.2, 0.25) is 0 Å². The van der Waals surface area contributed by atoms with Crippen molar-refractivity contribution < 1.29 is 23.8 Å². The summed E-state index contributed by atoms with van der Waals surface area (Å²) in [5.74, 6) is -0.409. The minimum absolute atomic E-state index is 0.0289. The maximum absolute atomic E-state index is 12.5. The largest absolute Gasteiger partial charge is 0.493 e. The molecule has 1 atom stereocenters.